The van der Waals surface area contributed by atoms with Crippen molar-refractivity contribution in [2.45, 2.75) is 6.54 Å². The van der Waals surface area contributed by atoms with E-state index in [0.717, 1.165) is 45.8 Å². The van der Waals surface area contributed by atoms with E-state index >= 15 is 0 Å². The summed E-state index contributed by atoms with van der Waals surface area (Å²) in [6, 6.07) is 15.3. The molecular weight excluding hydrogens is 326 g/mol. The third kappa shape index (κ3) is 4.06. The Labute approximate surface area is 155 Å². The van der Waals surface area contributed by atoms with Crippen LogP contribution in [0.5, 0.6) is 0 Å². The monoisotopic (exact) mass is 355 g/mol. The molecule has 2 fully saturated rings. The topological polar surface area (TPSA) is 38.4 Å². The van der Waals surface area contributed by atoms with Crippen LogP contribution in [0.15, 0.2) is 42.5 Å². The first-order valence-electron chi connectivity index (χ1n) is 9.79. The lowest BCUT2D eigenvalue weighted by molar-refractivity contribution is -1.02. The van der Waals surface area contributed by atoms with Crippen LogP contribution in [0.2, 0.25) is 0 Å². The van der Waals surface area contributed by atoms with Crippen LogP contribution in [0.1, 0.15) is 5.56 Å². The Morgan fingerprint density at radius 3 is 2.42 bits per heavy atom. The summed E-state index contributed by atoms with van der Waals surface area (Å²) in [5, 5.41) is 2.70. The van der Waals surface area contributed by atoms with Gasteiger partial charge in [0.15, 0.2) is 6.54 Å². The van der Waals surface area contributed by atoms with Crippen LogP contribution < -0.4 is 9.80 Å². The molecule has 2 aliphatic rings. The predicted octanol–water partition coefficient (Wildman–Crippen LogP) is -1.02. The third-order valence-corrected chi connectivity index (χ3v) is 5.75. The second-order valence-electron chi connectivity index (χ2n) is 7.48. The number of carbonyl (C=O) groups excluding carboxylic acids is 1. The van der Waals surface area contributed by atoms with E-state index in [1.807, 2.05) is 4.90 Å². The smallest absolute Gasteiger partial charge is 0.277 e. The molecule has 2 aromatic carbocycles. The average Bonchev–Trinajstić information content (AvgIpc) is 2.70. The highest BCUT2D eigenvalue weighted by molar-refractivity contribution is 5.85. The summed E-state index contributed by atoms with van der Waals surface area (Å²) >= 11 is 0. The molecule has 2 aliphatic heterocycles. The van der Waals surface area contributed by atoms with Gasteiger partial charge in [0.05, 0.1) is 13.2 Å². The lowest BCUT2D eigenvalue weighted by Gasteiger charge is -2.32. The summed E-state index contributed by atoms with van der Waals surface area (Å²) in [7, 11) is 0. The Kier molecular flexibility index (Phi) is 5.48. The van der Waals surface area contributed by atoms with Gasteiger partial charge in [-0.1, -0.05) is 42.5 Å². The van der Waals surface area contributed by atoms with Crippen molar-refractivity contribution in [1.82, 2.24) is 4.90 Å². The van der Waals surface area contributed by atoms with E-state index < -0.39 is 0 Å². The number of piperazine rings is 1. The Bertz CT molecular complexity index is 745. The lowest BCUT2D eigenvalue weighted by Crippen LogP contribution is -3.28. The van der Waals surface area contributed by atoms with Gasteiger partial charge in [-0.15, -0.1) is 0 Å². The molecule has 0 unspecified atom stereocenters. The number of ether oxygens (including phenoxy) is 1. The van der Waals surface area contributed by atoms with Crippen molar-refractivity contribution < 1.29 is 19.3 Å². The van der Waals surface area contributed by atoms with Gasteiger partial charge in [0.25, 0.3) is 5.91 Å². The number of carbonyl (C=O) groups is 1. The largest absolute Gasteiger partial charge is 0.378 e. The molecule has 0 saturated carbocycles. The van der Waals surface area contributed by atoms with Gasteiger partial charge >= 0.3 is 0 Å². The summed E-state index contributed by atoms with van der Waals surface area (Å²) in [5.41, 5.74) is 1.44. The van der Waals surface area contributed by atoms with E-state index in [-0.39, 0.29) is 0 Å². The fraction of sp³-hybridized carbons (Fsp3) is 0.476. The minimum absolute atomic E-state index is 0.292. The first-order chi connectivity index (χ1) is 12.8. The Balaban J connectivity index is 1.30. The first-order valence-corrected chi connectivity index (χ1v) is 9.79. The van der Waals surface area contributed by atoms with E-state index in [1.54, 1.807) is 4.90 Å². The minimum Gasteiger partial charge on any atom is -0.378 e. The maximum absolute atomic E-state index is 12.4. The van der Waals surface area contributed by atoms with E-state index in [0.29, 0.717) is 25.7 Å². The number of nitrogens with zero attached hydrogens (tertiary/aromatic N) is 1. The average molecular weight is 355 g/mol. The molecule has 5 nitrogen and oxygen atoms in total. The van der Waals surface area contributed by atoms with Crippen molar-refractivity contribution in [3.05, 3.63) is 48.0 Å². The maximum Gasteiger partial charge on any atom is 0.277 e. The number of nitrogens with one attached hydrogen (secondary N) is 2. The second-order valence-corrected chi connectivity index (χ2v) is 7.48. The van der Waals surface area contributed by atoms with E-state index in [2.05, 4.69) is 42.5 Å². The molecule has 5 heteroatoms. The predicted molar refractivity (Wildman–Crippen MR) is 101 cm³/mol. The zero-order valence-electron chi connectivity index (χ0n) is 15.4. The molecule has 0 aliphatic carbocycles. The normalized spacial score (nSPS) is 23.9. The fourth-order valence-electron chi connectivity index (χ4n) is 4.17. The number of quaternary nitrogens is 2. The fourth-order valence-corrected chi connectivity index (χ4v) is 4.17. The van der Waals surface area contributed by atoms with Gasteiger partial charge in [-0.25, -0.2) is 0 Å². The Hall–Kier alpha value is -1.95. The van der Waals surface area contributed by atoms with Gasteiger partial charge in [-0.3, -0.25) is 4.79 Å². The van der Waals surface area contributed by atoms with Crippen LogP contribution in [-0.4, -0.2) is 69.8 Å². The van der Waals surface area contributed by atoms with Gasteiger partial charge < -0.3 is 19.4 Å². The summed E-state index contributed by atoms with van der Waals surface area (Å²) in [6.07, 6.45) is 0. The molecule has 0 radical (unpaired) electrons. The van der Waals surface area contributed by atoms with Crippen molar-refractivity contribution in [3.8, 4) is 0 Å². The maximum atomic E-state index is 12.4. The molecule has 2 aromatic rings. The van der Waals surface area contributed by atoms with Crippen molar-refractivity contribution in [3.63, 3.8) is 0 Å². The van der Waals surface area contributed by atoms with Crippen LogP contribution in [0.3, 0.4) is 0 Å². The van der Waals surface area contributed by atoms with Crippen LogP contribution in [0.4, 0.5) is 0 Å². The molecule has 0 aromatic heterocycles. The van der Waals surface area contributed by atoms with Gasteiger partial charge in [0.2, 0.25) is 0 Å². The van der Waals surface area contributed by atoms with Gasteiger partial charge in [0, 0.05) is 18.7 Å². The van der Waals surface area contributed by atoms with Crippen LogP contribution in [0, 0.1) is 0 Å². The number of benzene rings is 2. The molecule has 1 amide bonds. The summed E-state index contributed by atoms with van der Waals surface area (Å²) in [5.74, 6) is 0.292. The molecule has 2 saturated heterocycles. The lowest BCUT2D eigenvalue weighted by atomic mass is 10.0. The van der Waals surface area contributed by atoms with Gasteiger partial charge in [-0.05, 0) is 10.8 Å². The van der Waals surface area contributed by atoms with E-state index in [1.165, 1.54) is 21.2 Å². The highest BCUT2D eigenvalue weighted by atomic mass is 16.5. The van der Waals surface area contributed by atoms with E-state index in [9.17, 15) is 4.79 Å². The molecule has 2 heterocycles. The molecular formula is C21H29N3O2+2. The Morgan fingerprint density at radius 2 is 1.62 bits per heavy atom. The first kappa shape index (κ1) is 17.5. The molecule has 26 heavy (non-hydrogen) atoms. The van der Waals surface area contributed by atoms with E-state index in [4.69, 9.17) is 4.74 Å². The highest BCUT2D eigenvalue weighted by Crippen LogP contribution is 2.17. The number of morpholine rings is 1. The molecule has 2 N–H and O–H groups in total. The van der Waals surface area contributed by atoms with Crippen LogP contribution in [-0.2, 0) is 16.1 Å². The van der Waals surface area contributed by atoms with Gasteiger partial charge in [0.1, 0.15) is 32.7 Å². The summed E-state index contributed by atoms with van der Waals surface area (Å²) in [4.78, 5) is 17.5. The highest BCUT2D eigenvalue weighted by Gasteiger charge is 2.27. The molecule has 0 atom stereocenters. The molecule has 0 spiro atoms. The summed E-state index contributed by atoms with van der Waals surface area (Å²) in [6.45, 7) is 9.02. The quantitative estimate of drug-likeness (QED) is 0.737. The zero-order valence-corrected chi connectivity index (χ0v) is 15.4. The number of hydrogen-bond acceptors (Lipinski definition) is 2. The van der Waals surface area contributed by atoms with Crippen molar-refractivity contribution in [1.29, 1.82) is 0 Å². The SMILES string of the molecule is O=C(C[NH+]1CC[NH+](Cc2cccc3ccccc23)CC1)N1CCOCC1. The standard InChI is InChI=1S/C21H27N3O2/c25-21(24-12-14-26-15-13-24)17-23-10-8-22(9-11-23)16-19-6-3-5-18-4-1-2-7-20(18)19/h1-7H,8-17H2/p+2. The minimum atomic E-state index is 0.292. The Morgan fingerprint density at radius 1 is 0.923 bits per heavy atom. The zero-order chi connectivity index (χ0) is 17.8. The number of amides is 1. The third-order valence-electron chi connectivity index (χ3n) is 5.75. The number of rotatable bonds is 4. The number of hydrogen-bond donors (Lipinski definition) is 2. The van der Waals surface area contributed by atoms with Crippen molar-refractivity contribution in [2.75, 3.05) is 59.0 Å². The summed E-state index contributed by atoms with van der Waals surface area (Å²) < 4.78 is 5.34. The molecule has 0 bridgehead atoms. The van der Waals surface area contributed by atoms with Crippen molar-refractivity contribution >= 4 is 16.7 Å². The molecule has 138 valence electrons. The van der Waals surface area contributed by atoms with Gasteiger partial charge in [-0.2, -0.15) is 0 Å². The molecule has 4 rings (SSSR count). The second kappa shape index (κ2) is 8.16. The van der Waals surface area contributed by atoms with Crippen LogP contribution in [0.25, 0.3) is 10.8 Å². The van der Waals surface area contributed by atoms with Crippen LogP contribution >= 0.6 is 0 Å². The van der Waals surface area contributed by atoms with Crippen molar-refractivity contribution in [2.24, 2.45) is 0 Å². The number of fused-ring (bicyclic) bond motifs is 1.